The lowest BCUT2D eigenvalue weighted by atomic mass is 9.93. The number of aliphatic hydroxyl groups is 1. The maximum absolute atomic E-state index is 13.8. The van der Waals surface area contributed by atoms with Crippen LogP contribution in [0.1, 0.15) is 45.1 Å². The Labute approximate surface area is 282 Å². The van der Waals surface area contributed by atoms with Gasteiger partial charge in [-0.2, -0.15) is 4.72 Å². The van der Waals surface area contributed by atoms with Gasteiger partial charge in [0.1, 0.15) is 11.9 Å². The fourth-order valence-corrected chi connectivity index (χ4v) is 9.30. The second kappa shape index (κ2) is 16.5. The molecule has 258 valence electrons. The van der Waals surface area contributed by atoms with Gasteiger partial charge in [0.25, 0.3) is 0 Å². The first-order chi connectivity index (χ1) is 22.8. The molecule has 0 saturated heterocycles. The van der Waals surface area contributed by atoms with E-state index in [9.17, 15) is 31.1 Å². The number of hydrogen-bond donors (Lipinski definition) is 4. The number of halogens is 1. The average Bonchev–Trinajstić information content (AvgIpc) is 3.06. The third-order valence-electron chi connectivity index (χ3n) is 8.38. The summed E-state index contributed by atoms with van der Waals surface area (Å²) < 4.78 is 70.0. The number of nitrogens with one attached hydrogen (secondary N) is 2. The molecule has 0 fully saturated rings. The minimum absolute atomic E-state index is 0.00936. The third kappa shape index (κ3) is 9.62. The van der Waals surface area contributed by atoms with Crippen LogP contribution in [0, 0.1) is 17.7 Å². The van der Waals surface area contributed by atoms with E-state index in [0.29, 0.717) is 25.7 Å². The monoisotopic (exact) mass is 697 g/mol. The highest BCUT2D eigenvalue weighted by atomic mass is 32.2. The standard InChI is InChI=1S/C36H44FN3O6S2/c1-25(2)20-35(47(43,44)31-17-18-32(37)33(38)23-31)29(24-41)12-8-9-19-39-36(42)34(40-48(45,46)30-13-4-3-5-14-30)22-26-15-16-27-10-6-7-11-28(27)21-26/h3-7,10-11,13-18,21,23,25,29,34-35,40-41H,8-9,12,19-20,22,24,38H2,1-2H3,(H,39,42)/t29-,34+,35?/m1/s1. The predicted octanol–water partition coefficient (Wildman–Crippen LogP) is 5.23. The number of aliphatic hydroxyl groups excluding tert-OH is 1. The van der Waals surface area contributed by atoms with Gasteiger partial charge in [-0.05, 0) is 84.2 Å². The van der Waals surface area contributed by atoms with Crippen molar-refractivity contribution in [1.29, 1.82) is 0 Å². The summed E-state index contributed by atoms with van der Waals surface area (Å²) in [6.45, 7) is 3.64. The summed E-state index contributed by atoms with van der Waals surface area (Å²) in [5.41, 5.74) is 6.18. The van der Waals surface area contributed by atoms with Gasteiger partial charge in [0.2, 0.25) is 15.9 Å². The molecule has 0 heterocycles. The number of carbonyl (C=O) groups excluding carboxylic acids is 1. The molecule has 0 aliphatic carbocycles. The van der Waals surface area contributed by atoms with Crippen LogP contribution in [-0.2, 0) is 31.1 Å². The third-order valence-corrected chi connectivity index (χ3v) is 12.2. The van der Waals surface area contributed by atoms with Crippen LogP contribution in [0.2, 0.25) is 0 Å². The molecule has 0 bridgehead atoms. The van der Waals surface area contributed by atoms with Crippen molar-refractivity contribution in [2.45, 2.75) is 67.0 Å². The molecule has 0 spiro atoms. The van der Waals surface area contributed by atoms with Gasteiger partial charge in [0.05, 0.1) is 20.7 Å². The normalized spacial score (nSPS) is 14.1. The van der Waals surface area contributed by atoms with Gasteiger partial charge < -0.3 is 16.2 Å². The highest BCUT2D eigenvalue weighted by Crippen LogP contribution is 2.31. The topological polar surface area (TPSA) is 156 Å². The first-order valence-electron chi connectivity index (χ1n) is 16.0. The zero-order chi connectivity index (χ0) is 34.9. The zero-order valence-corrected chi connectivity index (χ0v) is 28.8. The fraction of sp³-hybridized carbons (Fsp3) is 0.361. The Kier molecular flexibility index (Phi) is 12.7. The molecule has 0 radical (unpaired) electrons. The highest BCUT2D eigenvalue weighted by Gasteiger charge is 2.35. The molecule has 0 aliphatic rings. The minimum atomic E-state index is -4.00. The molecule has 4 aromatic rings. The molecule has 0 saturated carbocycles. The van der Waals surface area contributed by atoms with E-state index in [4.69, 9.17) is 5.73 Å². The van der Waals surface area contributed by atoms with Gasteiger partial charge >= 0.3 is 0 Å². The lowest BCUT2D eigenvalue weighted by Gasteiger charge is -2.27. The van der Waals surface area contributed by atoms with E-state index in [0.717, 1.165) is 28.5 Å². The summed E-state index contributed by atoms with van der Waals surface area (Å²) in [4.78, 5) is 13.4. The Morgan fingerprint density at radius 1 is 0.854 bits per heavy atom. The van der Waals surface area contributed by atoms with Crippen LogP contribution in [-0.4, -0.2) is 52.3 Å². The summed E-state index contributed by atoms with van der Waals surface area (Å²) in [6.07, 6.45) is 1.74. The largest absolute Gasteiger partial charge is 0.396 e. The minimum Gasteiger partial charge on any atom is -0.396 e. The van der Waals surface area contributed by atoms with E-state index in [-0.39, 0.29) is 41.0 Å². The van der Waals surface area contributed by atoms with Crippen LogP contribution in [0.4, 0.5) is 10.1 Å². The van der Waals surface area contributed by atoms with Crippen LogP contribution in [0.15, 0.2) is 101 Å². The predicted molar refractivity (Wildman–Crippen MR) is 187 cm³/mol. The number of sulfonamides is 1. The second-order valence-electron chi connectivity index (χ2n) is 12.5. The number of sulfone groups is 1. The Morgan fingerprint density at radius 2 is 1.54 bits per heavy atom. The number of nitrogens with two attached hydrogens (primary N) is 1. The van der Waals surface area contributed by atoms with Gasteiger partial charge in [-0.25, -0.2) is 21.2 Å². The van der Waals surface area contributed by atoms with Gasteiger partial charge in [0.15, 0.2) is 9.84 Å². The van der Waals surface area contributed by atoms with E-state index in [2.05, 4.69) is 10.0 Å². The van der Waals surface area contributed by atoms with Crippen LogP contribution >= 0.6 is 0 Å². The SMILES string of the molecule is CC(C)CC([C@@H](CO)CCCCNC(=O)[C@H](Cc1ccc2ccccc2c1)NS(=O)(=O)c1ccccc1)S(=O)(=O)c1ccc(F)c(N)c1. The second-order valence-corrected chi connectivity index (χ2v) is 16.4. The van der Waals surface area contributed by atoms with Crippen molar-refractivity contribution in [2.75, 3.05) is 18.9 Å². The number of benzene rings is 4. The molecule has 1 unspecified atom stereocenters. The van der Waals surface area contributed by atoms with Crippen LogP contribution in [0.5, 0.6) is 0 Å². The Morgan fingerprint density at radius 3 is 2.21 bits per heavy atom. The summed E-state index contributed by atoms with van der Waals surface area (Å²) in [7, 11) is -7.94. The van der Waals surface area contributed by atoms with Crippen molar-refractivity contribution in [3.8, 4) is 0 Å². The number of anilines is 1. The summed E-state index contributed by atoms with van der Waals surface area (Å²) >= 11 is 0. The number of carbonyl (C=O) groups is 1. The van der Waals surface area contributed by atoms with Crippen molar-refractivity contribution in [3.05, 3.63) is 102 Å². The molecule has 1 amide bonds. The lowest BCUT2D eigenvalue weighted by Crippen LogP contribution is -2.48. The van der Waals surface area contributed by atoms with E-state index in [1.807, 2.05) is 56.3 Å². The van der Waals surface area contributed by atoms with Crippen molar-refractivity contribution >= 4 is 42.2 Å². The first-order valence-corrected chi connectivity index (χ1v) is 19.1. The molecule has 48 heavy (non-hydrogen) atoms. The maximum Gasteiger partial charge on any atom is 0.241 e. The van der Waals surface area contributed by atoms with E-state index < -0.39 is 48.8 Å². The fourth-order valence-electron chi connectivity index (χ4n) is 5.82. The lowest BCUT2D eigenvalue weighted by molar-refractivity contribution is -0.122. The van der Waals surface area contributed by atoms with Crippen molar-refractivity contribution in [3.63, 3.8) is 0 Å². The van der Waals surface area contributed by atoms with E-state index >= 15 is 0 Å². The molecule has 4 aromatic carbocycles. The molecule has 9 nitrogen and oxygen atoms in total. The molecule has 5 N–H and O–H groups in total. The number of unbranched alkanes of at least 4 members (excludes halogenated alkanes) is 1. The molecule has 4 rings (SSSR count). The van der Waals surface area contributed by atoms with Gasteiger partial charge in [-0.3, -0.25) is 4.79 Å². The van der Waals surface area contributed by atoms with Crippen molar-refractivity contribution < 1.29 is 31.1 Å². The van der Waals surface area contributed by atoms with E-state index in [1.54, 1.807) is 18.2 Å². The van der Waals surface area contributed by atoms with E-state index in [1.165, 1.54) is 18.2 Å². The molecule has 0 aromatic heterocycles. The number of hydrogen-bond acceptors (Lipinski definition) is 7. The number of amides is 1. The number of nitrogen functional groups attached to an aromatic ring is 1. The van der Waals surface area contributed by atoms with Crippen LogP contribution in [0.3, 0.4) is 0 Å². The zero-order valence-electron chi connectivity index (χ0n) is 27.2. The summed E-state index contributed by atoms with van der Waals surface area (Å²) in [5, 5.41) is 14.2. The Balaban J connectivity index is 1.42. The van der Waals surface area contributed by atoms with Gasteiger partial charge in [-0.15, -0.1) is 0 Å². The first kappa shape index (κ1) is 37.0. The number of rotatable bonds is 17. The molecular formula is C36H44FN3O6S2. The van der Waals surface area contributed by atoms with Crippen molar-refractivity contribution in [1.82, 2.24) is 10.0 Å². The maximum atomic E-state index is 13.8. The number of fused-ring (bicyclic) bond motifs is 1. The molecule has 0 aliphatic heterocycles. The molecular weight excluding hydrogens is 654 g/mol. The Bertz CT molecular complexity index is 1900. The van der Waals surface area contributed by atoms with Gasteiger partial charge in [-0.1, -0.05) is 80.9 Å². The van der Waals surface area contributed by atoms with Crippen LogP contribution < -0.4 is 15.8 Å². The summed E-state index contributed by atoms with van der Waals surface area (Å²) in [6, 6.07) is 23.6. The van der Waals surface area contributed by atoms with Gasteiger partial charge in [0, 0.05) is 13.2 Å². The van der Waals surface area contributed by atoms with Crippen molar-refractivity contribution in [2.24, 2.45) is 11.8 Å². The Hall–Kier alpha value is -3.84. The highest BCUT2D eigenvalue weighted by molar-refractivity contribution is 7.92. The summed E-state index contributed by atoms with van der Waals surface area (Å²) in [5.74, 6) is -1.79. The van der Waals surface area contributed by atoms with Crippen LogP contribution in [0.25, 0.3) is 10.8 Å². The smallest absolute Gasteiger partial charge is 0.241 e. The quantitative estimate of drug-likeness (QED) is 0.0669. The average molecular weight is 698 g/mol. The molecule has 12 heteroatoms. The molecule has 3 atom stereocenters.